The van der Waals surface area contributed by atoms with Gasteiger partial charge in [-0.3, -0.25) is 0 Å². The summed E-state index contributed by atoms with van der Waals surface area (Å²) in [7, 11) is 0. The van der Waals surface area contributed by atoms with Crippen LogP contribution in [0.1, 0.15) is 130 Å². The van der Waals surface area contributed by atoms with Crippen molar-refractivity contribution in [1.29, 1.82) is 0 Å². The van der Waals surface area contributed by atoms with Crippen molar-refractivity contribution in [1.82, 2.24) is 0 Å². The number of unbranched alkanes of at least 4 members (excludes halogenated alkanes) is 14. The van der Waals surface area contributed by atoms with Crippen molar-refractivity contribution in [3.05, 3.63) is 24.2 Å². The minimum absolute atomic E-state index is 0.595. The SMILES string of the molecule is CCCCCCCC/C=C/C#CC=C(OCCCCCCC)OCCCCCCC. The standard InChI is InChI=1S/C28H50O2/c1-4-7-10-13-14-15-16-17-18-19-22-25-28(29-26-23-20-11-8-5-2)30-27-24-21-12-9-6-3/h17-18,25H,4-16,20-21,23-24,26-27H2,1-3H3/b18-17+. The lowest BCUT2D eigenvalue weighted by Gasteiger charge is -2.11. The molecule has 0 spiro atoms. The van der Waals surface area contributed by atoms with E-state index in [-0.39, 0.29) is 0 Å². The molecular weight excluding hydrogens is 368 g/mol. The number of rotatable bonds is 21. The van der Waals surface area contributed by atoms with Crippen LogP contribution in [-0.2, 0) is 9.47 Å². The fraction of sp³-hybridized carbons (Fsp3) is 0.786. The minimum Gasteiger partial charge on any atom is -0.465 e. The summed E-state index contributed by atoms with van der Waals surface area (Å²) in [5, 5.41) is 0. The van der Waals surface area contributed by atoms with Gasteiger partial charge in [0.2, 0.25) is 0 Å². The van der Waals surface area contributed by atoms with Gasteiger partial charge >= 0.3 is 0 Å². The quantitative estimate of drug-likeness (QED) is 0.105. The van der Waals surface area contributed by atoms with Crippen LogP contribution < -0.4 is 0 Å². The molecule has 0 aliphatic carbocycles. The molecular formula is C28H50O2. The van der Waals surface area contributed by atoms with Crippen molar-refractivity contribution in [2.75, 3.05) is 13.2 Å². The fourth-order valence-corrected chi connectivity index (χ4v) is 3.22. The lowest BCUT2D eigenvalue weighted by atomic mass is 10.1. The van der Waals surface area contributed by atoms with Crippen LogP contribution in [-0.4, -0.2) is 13.2 Å². The van der Waals surface area contributed by atoms with E-state index in [2.05, 4.69) is 38.7 Å². The first-order chi connectivity index (χ1) is 14.8. The van der Waals surface area contributed by atoms with E-state index in [0.717, 1.165) is 32.5 Å². The Morgan fingerprint density at radius 1 is 0.567 bits per heavy atom. The maximum Gasteiger partial charge on any atom is 0.287 e. The monoisotopic (exact) mass is 418 g/mol. The van der Waals surface area contributed by atoms with Crippen LogP contribution in [0.25, 0.3) is 0 Å². The molecule has 0 unspecified atom stereocenters. The Bertz CT molecular complexity index is 435. The third-order valence-corrected chi connectivity index (χ3v) is 5.18. The third-order valence-electron chi connectivity index (χ3n) is 5.18. The second-order valence-electron chi connectivity index (χ2n) is 8.24. The molecule has 30 heavy (non-hydrogen) atoms. The molecule has 0 heterocycles. The van der Waals surface area contributed by atoms with Crippen LogP contribution in [0.5, 0.6) is 0 Å². The molecule has 0 amide bonds. The van der Waals surface area contributed by atoms with Crippen molar-refractivity contribution < 1.29 is 9.47 Å². The predicted molar refractivity (Wildman–Crippen MR) is 132 cm³/mol. The summed E-state index contributed by atoms with van der Waals surface area (Å²) in [6, 6.07) is 0. The first-order valence-electron chi connectivity index (χ1n) is 13.0. The van der Waals surface area contributed by atoms with Gasteiger partial charge in [0.25, 0.3) is 5.95 Å². The largest absolute Gasteiger partial charge is 0.465 e. The van der Waals surface area contributed by atoms with Gasteiger partial charge in [-0.05, 0) is 31.8 Å². The lowest BCUT2D eigenvalue weighted by Crippen LogP contribution is -2.02. The lowest BCUT2D eigenvalue weighted by molar-refractivity contribution is 0.0325. The van der Waals surface area contributed by atoms with E-state index in [4.69, 9.17) is 9.47 Å². The molecule has 2 nitrogen and oxygen atoms in total. The Morgan fingerprint density at radius 3 is 1.57 bits per heavy atom. The fourth-order valence-electron chi connectivity index (χ4n) is 3.22. The van der Waals surface area contributed by atoms with Crippen LogP contribution >= 0.6 is 0 Å². The number of hydrogen-bond donors (Lipinski definition) is 0. The molecule has 0 atom stereocenters. The van der Waals surface area contributed by atoms with E-state index in [1.807, 2.05) is 6.08 Å². The smallest absolute Gasteiger partial charge is 0.287 e. The maximum atomic E-state index is 5.85. The molecule has 2 heteroatoms. The van der Waals surface area contributed by atoms with Gasteiger partial charge in [-0.15, -0.1) is 0 Å². The number of hydrogen-bond acceptors (Lipinski definition) is 2. The summed E-state index contributed by atoms with van der Waals surface area (Å²) in [6.45, 7) is 8.19. The van der Waals surface area contributed by atoms with Gasteiger partial charge in [-0.2, -0.15) is 0 Å². The van der Waals surface area contributed by atoms with Crippen LogP contribution in [0.3, 0.4) is 0 Å². The van der Waals surface area contributed by atoms with Crippen molar-refractivity contribution in [3.63, 3.8) is 0 Å². The summed E-state index contributed by atoms with van der Waals surface area (Å²) >= 11 is 0. The highest BCUT2D eigenvalue weighted by Crippen LogP contribution is 2.09. The Morgan fingerprint density at radius 2 is 1.03 bits per heavy atom. The van der Waals surface area contributed by atoms with Crippen molar-refractivity contribution in [3.8, 4) is 11.8 Å². The summed E-state index contributed by atoms with van der Waals surface area (Å²) in [5.74, 6) is 6.77. The third kappa shape index (κ3) is 22.9. The zero-order valence-electron chi connectivity index (χ0n) is 20.5. The molecule has 0 saturated heterocycles. The summed E-state index contributed by atoms with van der Waals surface area (Å²) in [5.41, 5.74) is 0. The van der Waals surface area contributed by atoms with E-state index in [0.29, 0.717) is 5.95 Å². The van der Waals surface area contributed by atoms with Crippen LogP contribution in [0.2, 0.25) is 0 Å². The van der Waals surface area contributed by atoms with Gasteiger partial charge in [0.15, 0.2) is 0 Å². The average Bonchev–Trinajstić information content (AvgIpc) is 2.76. The van der Waals surface area contributed by atoms with Gasteiger partial charge in [-0.1, -0.05) is 122 Å². The maximum absolute atomic E-state index is 5.85. The Labute approximate surface area is 188 Å². The van der Waals surface area contributed by atoms with Gasteiger partial charge in [-0.25, -0.2) is 0 Å². The van der Waals surface area contributed by atoms with Crippen molar-refractivity contribution in [2.24, 2.45) is 0 Å². The summed E-state index contributed by atoms with van der Waals surface area (Å²) in [4.78, 5) is 0. The molecule has 0 radical (unpaired) electrons. The van der Waals surface area contributed by atoms with E-state index in [1.54, 1.807) is 6.08 Å². The van der Waals surface area contributed by atoms with Crippen LogP contribution in [0.4, 0.5) is 0 Å². The normalized spacial score (nSPS) is 10.6. The zero-order valence-corrected chi connectivity index (χ0v) is 20.5. The second kappa shape index (κ2) is 25.7. The zero-order chi connectivity index (χ0) is 22.0. The Hall–Kier alpha value is -1.36. The molecule has 0 aliphatic heterocycles. The van der Waals surface area contributed by atoms with Crippen molar-refractivity contribution >= 4 is 0 Å². The highest BCUT2D eigenvalue weighted by atomic mass is 16.7. The molecule has 0 bridgehead atoms. The van der Waals surface area contributed by atoms with E-state index in [9.17, 15) is 0 Å². The van der Waals surface area contributed by atoms with Gasteiger partial charge in [0.1, 0.15) is 0 Å². The van der Waals surface area contributed by atoms with E-state index in [1.165, 1.54) is 89.9 Å². The average molecular weight is 419 g/mol. The summed E-state index contributed by atoms with van der Waals surface area (Å²) in [6.07, 6.45) is 27.5. The molecule has 0 aromatic carbocycles. The topological polar surface area (TPSA) is 18.5 Å². The Balaban J connectivity index is 4.16. The predicted octanol–water partition coefficient (Wildman–Crippen LogP) is 9.11. The summed E-state index contributed by atoms with van der Waals surface area (Å²) < 4.78 is 11.7. The molecule has 0 saturated carbocycles. The van der Waals surface area contributed by atoms with E-state index < -0.39 is 0 Å². The molecule has 0 aromatic rings. The van der Waals surface area contributed by atoms with Crippen molar-refractivity contribution in [2.45, 2.75) is 130 Å². The molecule has 0 fully saturated rings. The Kier molecular flexibility index (Phi) is 24.5. The first-order valence-corrected chi connectivity index (χ1v) is 13.0. The number of ether oxygens (including phenoxy) is 2. The van der Waals surface area contributed by atoms with Gasteiger partial charge in [0, 0.05) is 0 Å². The highest BCUT2D eigenvalue weighted by molar-refractivity contribution is 5.23. The molecule has 174 valence electrons. The van der Waals surface area contributed by atoms with Gasteiger partial charge in [0.05, 0.1) is 19.3 Å². The first kappa shape index (κ1) is 28.6. The molecule has 0 N–H and O–H groups in total. The van der Waals surface area contributed by atoms with Crippen LogP contribution in [0.15, 0.2) is 24.2 Å². The second-order valence-corrected chi connectivity index (χ2v) is 8.24. The molecule has 0 aliphatic rings. The highest BCUT2D eigenvalue weighted by Gasteiger charge is 1.99. The number of allylic oxidation sites excluding steroid dienone is 3. The molecule has 0 rings (SSSR count). The molecule has 0 aromatic heterocycles. The van der Waals surface area contributed by atoms with E-state index >= 15 is 0 Å². The minimum atomic E-state index is 0.595. The van der Waals surface area contributed by atoms with Gasteiger partial charge < -0.3 is 9.47 Å². The van der Waals surface area contributed by atoms with Crippen LogP contribution in [0, 0.1) is 11.8 Å².